The summed E-state index contributed by atoms with van der Waals surface area (Å²) in [6.07, 6.45) is 0. The summed E-state index contributed by atoms with van der Waals surface area (Å²) in [5.41, 5.74) is 8.64. The number of para-hydroxylation sites is 2. The van der Waals surface area contributed by atoms with E-state index in [9.17, 15) is 0 Å². The van der Waals surface area contributed by atoms with Gasteiger partial charge in [-0.1, -0.05) is 115 Å². The number of hydrogen-bond acceptors (Lipinski definition) is 0. The van der Waals surface area contributed by atoms with Gasteiger partial charge in [0.2, 0.25) is 0 Å². The van der Waals surface area contributed by atoms with Gasteiger partial charge in [0.25, 0.3) is 0 Å². The minimum absolute atomic E-state index is 1.18. The number of rotatable bonds is 3. The van der Waals surface area contributed by atoms with Gasteiger partial charge in [-0.2, -0.15) is 0 Å². The molecular formula is C38H25N. The normalized spacial score (nSPS) is 11.6. The summed E-state index contributed by atoms with van der Waals surface area (Å²) >= 11 is 0. The molecule has 7 aromatic carbocycles. The van der Waals surface area contributed by atoms with Crippen molar-refractivity contribution in [1.82, 2.24) is 4.57 Å². The van der Waals surface area contributed by atoms with Crippen molar-refractivity contribution >= 4 is 43.4 Å². The van der Waals surface area contributed by atoms with E-state index in [4.69, 9.17) is 0 Å². The van der Waals surface area contributed by atoms with Gasteiger partial charge in [0.05, 0.1) is 11.0 Å². The first kappa shape index (κ1) is 21.9. The van der Waals surface area contributed by atoms with Gasteiger partial charge in [-0.3, -0.25) is 0 Å². The number of nitrogens with zero attached hydrogens (tertiary/aromatic N) is 1. The van der Waals surface area contributed by atoms with E-state index in [2.05, 4.69) is 156 Å². The Bertz CT molecular complexity index is 2090. The van der Waals surface area contributed by atoms with Crippen LogP contribution in [0.1, 0.15) is 0 Å². The topological polar surface area (TPSA) is 4.93 Å². The first-order valence-corrected chi connectivity index (χ1v) is 13.5. The van der Waals surface area contributed by atoms with Crippen LogP contribution in [0.2, 0.25) is 0 Å². The van der Waals surface area contributed by atoms with E-state index < -0.39 is 0 Å². The molecule has 8 aromatic rings. The van der Waals surface area contributed by atoms with Gasteiger partial charge in [0.1, 0.15) is 0 Å². The molecule has 1 heteroatoms. The van der Waals surface area contributed by atoms with Gasteiger partial charge in [-0.05, 0) is 80.2 Å². The highest BCUT2D eigenvalue weighted by atomic mass is 15.0. The summed E-state index contributed by atoms with van der Waals surface area (Å²) in [6, 6.07) is 55.0. The Kier molecular flexibility index (Phi) is 4.89. The summed E-state index contributed by atoms with van der Waals surface area (Å²) in [5.74, 6) is 0. The number of hydrogen-bond donors (Lipinski definition) is 0. The Morgan fingerprint density at radius 1 is 0.333 bits per heavy atom. The fourth-order valence-corrected chi connectivity index (χ4v) is 6.16. The minimum atomic E-state index is 1.18. The van der Waals surface area contributed by atoms with E-state index in [-0.39, 0.29) is 0 Å². The molecule has 0 bridgehead atoms. The second-order valence-electron chi connectivity index (χ2n) is 10.2. The zero-order chi connectivity index (χ0) is 25.8. The molecule has 1 nitrogen and oxygen atoms in total. The Balaban J connectivity index is 1.28. The summed E-state index contributed by atoms with van der Waals surface area (Å²) < 4.78 is 2.36. The van der Waals surface area contributed by atoms with Crippen LogP contribution in [0, 0.1) is 0 Å². The van der Waals surface area contributed by atoms with Crippen molar-refractivity contribution in [2.75, 3.05) is 0 Å². The predicted octanol–water partition coefficient (Wildman–Crippen LogP) is 10.4. The van der Waals surface area contributed by atoms with Gasteiger partial charge in [0, 0.05) is 16.5 Å². The summed E-state index contributed by atoms with van der Waals surface area (Å²) in [4.78, 5) is 0. The molecule has 0 spiro atoms. The molecule has 0 amide bonds. The van der Waals surface area contributed by atoms with Crippen LogP contribution in [0.25, 0.3) is 71.3 Å². The first-order valence-electron chi connectivity index (χ1n) is 13.5. The second-order valence-corrected chi connectivity index (χ2v) is 10.2. The summed E-state index contributed by atoms with van der Waals surface area (Å²) in [6.45, 7) is 0. The maximum Gasteiger partial charge on any atom is 0.0541 e. The molecule has 1 heterocycles. The molecule has 0 aliphatic carbocycles. The van der Waals surface area contributed by atoms with E-state index in [1.54, 1.807) is 0 Å². The van der Waals surface area contributed by atoms with E-state index >= 15 is 0 Å². The fraction of sp³-hybridized carbons (Fsp3) is 0. The molecule has 182 valence electrons. The maximum absolute atomic E-state index is 2.36. The highest BCUT2D eigenvalue weighted by Crippen LogP contribution is 2.38. The van der Waals surface area contributed by atoms with Gasteiger partial charge < -0.3 is 4.57 Å². The average molecular weight is 496 g/mol. The standard InChI is InChI=1S/C38H25N/c1-2-12-31(13-3-1)39-36-17-9-8-16-34(36)35-25-28(22-23-37(35)39)26-18-20-27(21-19-26)38-32-14-6-4-10-29(32)24-30-11-5-7-15-33(30)38/h1-25H. The second kappa shape index (κ2) is 8.72. The molecule has 0 saturated heterocycles. The Morgan fingerprint density at radius 3 is 1.59 bits per heavy atom. The lowest BCUT2D eigenvalue weighted by Gasteiger charge is -2.13. The van der Waals surface area contributed by atoms with Crippen LogP contribution in [0.4, 0.5) is 0 Å². The summed E-state index contributed by atoms with van der Waals surface area (Å²) in [5, 5.41) is 7.68. The van der Waals surface area contributed by atoms with Gasteiger partial charge in [-0.25, -0.2) is 0 Å². The lowest BCUT2D eigenvalue weighted by molar-refractivity contribution is 1.18. The lowest BCUT2D eigenvalue weighted by Crippen LogP contribution is -1.92. The van der Waals surface area contributed by atoms with Crippen LogP contribution in [0.5, 0.6) is 0 Å². The maximum atomic E-state index is 2.36. The van der Waals surface area contributed by atoms with Crippen molar-refractivity contribution in [1.29, 1.82) is 0 Å². The van der Waals surface area contributed by atoms with E-state index in [1.165, 1.54) is 71.3 Å². The van der Waals surface area contributed by atoms with Crippen molar-refractivity contribution in [3.63, 3.8) is 0 Å². The van der Waals surface area contributed by atoms with Gasteiger partial charge in [-0.15, -0.1) is 0 Å². The van der Waals surface area contributed by atoms with Crippen LogP contribution in [0.3, 0.4) is 0 Å². The predicted molar refractivity (Wildman–Crippen MR) is 167 cm³/mol. The molecule has 39 heavy (non-hydrogen) atoms. The van der Waals surface area contributed by atoms with Crippen molar-refractivity contribution < 1.29 is 0 Å². The van der Waals surface area contributed by atoms with E-state index in [0.717, 1.165) is 0 Å². The highest BCUT2D eigenvalue weighted by molar-refractivity contribution is 6.13. The number of benzene rings is 7. The van der Waals surface area contributed by atoms with E-state index in [0.29, 0.717) is 0 Å². The molecule has 0 fully saturated rings. The van der Waals surface area contributed by atoms with Crippen LogP contribution in [-0.4, -0.2) is 4.57 Å². The zero-order valence-electron chi connectivity index (χ0n) is 21.4. The molecule has 0 unspecified atom stereocenters. The SMILES string of the molecule is c1ccc(-n2c3ccccc3c3cc(-c4ccc(-c5c6ccccc6cc6ccccc56)cc4)ccc32)cc1. The largest absolute Gasteiger partial charge is 0.309 e. The van der Waals surface area contributed by atoms with Crippen molar-refractivity contribution in [3.05, 3.63) is 152 Å². The van der Waals surface area contributed by atoms with Gasteiger partial charge in [0.15, 0.2) is 0 Å². The first-order chi connectivity index (χ1) is 19.3. The average Bonchev–Trinajstić information content (AvgIpc) is 3.34. The number of fused-ring (bicyclic) bond motifs is 5. The van der Waals surface area contributed by atoms with Crippen LogP contribution in [-0.2, 0) is 0 Å². The molecule has 8 rings (SSSR count). The smallest absolute Gasteiger partial charge is 0.0541 e. The molecule has 0 radical (unpaired) electrons. The molecule has 0 aliphatic rings. The van der Waals surface area contributed by atoms with Crippen LogP contribution < -0.4 is 0 Å². The van der Waals surface area contributed by atoms with Crippen molar-refractivity contribution in [2.24, 2.45) is 0 Å². The quantitative estimate of drug-likeness (QED) is 0.215. The van der Waals surface area contributed by atoms with Crippen LogP contribution >= 0.6 is 0 Å². The third kappa shape index (κ3) is 3.48. The molecule has 0 N–H and O–H groups in total. The third-order valence-electron chi connectivity index (χ3n) is 7.97. The van der Waals surface area contributed by atoms with Gasteiger partial charge >= 0.3 is 0 Å². The molecule has 1 aromatic heterocycles. The monoisotopic (exact) mass is 495 g/mol. The van der Waals surface area contributed by atoms with Crippen LogP contribution in [0.15, 0.2) is 152 Å². The Hall–Kier alpha value is -5.14. The number of aromatic nitrogens is 1. The molecular weight excluding hydrogens is 470 g/mol. The van der Waals surface area contributed by atoms with Crippen molar-refractivity contribution in [3.8, 4) is 27.9 Å². The molecule has 0 atom stereocenters. The Labute approximate surface area is 227 Å². The minimum Gasteiger partial charge on any atom is -0.309 e. The summed E-state index contributed by atoms with van der Waals surface area (Å²) in [7, 11) is 0. The molecule has 0 saturated carbocycles. The van der Waals surface area contributed by atoms with Crippen molar-refractivity contribution in [2.45, 2.75) is 0 Å². The molecule has 0 aliphatic heterocycles. The Morgan fingerprint density at radius 2 is 0.872 bits per heavy atom. The zero-order valence-corrected chi connectivity index (χ0v) is 21.4. The third-order valence-corrected chi connectivity index (χ3v) is 7.97. The lowest BCUT2D eigenvalue weighted by atomic mass is 9.91. The highest BCUT2D eigenvalue weighted by Gasteiger charge is 2.14. The fourth-order valence-electron chi connectivity index (χ4n) is 6.16. The van der Waals surface area contributed by atoms with E-state index in [1.807, 2.05) is 0 Å².